The molecule has 0 aliphatic carbocycles. The monoisotopic (exact) mass is 304 g/mol. The fraction of sp³-hybridized carbons (Fsp3) is 0.111. The van der Waals surface area contributed by atoms with Gasteiger partial charge in [0.15, 0.2) is 0 Å². The molecule has 0 fully saturated rings. The summed E-state index contributed by atoms with van der Waals surface area (Å²) in [6.07, 6.45) is 0. The third-order valence-corrected chi connectivity index (χ3v) is 4.54. The van der Waals surface area contributed by atoms with Crippen molar-refractivity contribution in [2.24, 2.45) is 0 Å². The van der Waals surface area contributed by atoms with Crippen LogP contribution in [0.5, 0.6) is 0 Å². The van der Waals surface area contributed by atoms with Crippen molar-refractivity contribution < 1.29 is 8.42 Å². The number of halogens is 1. The quantitative estimate of drug-likeness (QED) is 0.844. The van der Waals surface area contributed by atoms with Crippen LogP contribution in [0.25, 0.3) is 0 Å². The Morgan fingerprint density at radius 3 is 2.67 bits per heavy atom. The molecule has 1 aromatic heterocycles. The topological polar surface area (TPSA) is 98.0 Å². The highest BCUT2D eigenvalue weighted by atomic mass is 35.5. The normalized spacial score (nSPS) is 11.4. The smallest absolute Gasteiger partial charge is 0.265 e. The van der Waals surface area contributed by atoms with E-state index in [2.05, 4.69) is 14.9 Å². The zero-order valence-corrected chi connectivity index (χ0v) is 11.6. The molecule has 18 heavy (non-hydrogen) atoms. The Bertz CT molecular complexity index is 684. The SMILES string of the molecule is Cc1nnc(NS(=O)(=O)c2ccc(Cl)cc2N)s1. The Hall–Kier alpha value is -1.38. The molecule has 0 spiro atoms. The Kier molecular flexibility index (Phi) is 3.42. The Balaban J connectivity index is 2.36. The zero-order valence-electron chi connectivity index (χ0n) is 9.21. The van der Waals surface area contributed by atoms with Gasteiger partial charge in [-0.3, -0.25) is 4.72 Å². The van der Waals surface area contributed by atoms with Crippen molar-refractivity contribution >= 4 is 43.8 Å². The van der Waals surface area contributed by atoms with Gasteiger partial charge in [0.05, 0.1) is 5.69 Å². The van der Waals surface area contributed by atoms with Crippen molar-refractivity contribution in [1.82, 2.24) is 10.2 Å². The lowest BCUT2D eigenvalue weighted by molar-refractivity contribution is 0.601. The van der Waals surface area contributed by atoms with E-state index >= 15 is 0 Å². The van der Waals surface area contributed by atoms with E-state index in [-0.39, 0.29) is 15.7 Å². The van der Waals surface area contributed by atoms with Crippen molar-refractivity contribution in [3.8, 4) is 0 Å². The first-order valence-electron chi connectivity index (χ1n) is 4.76. The van der Waals surface area contributed by atoms with Crippen molar-refractivity contribution in [3.05, 3.63) is 28.2 Å². The van der Waals surface area contributed by atoms with E-state index in [1.165, 1.54) is 18.2 Å². The van der Waals surface area contributed by atoms with Crippen LogP contribution in [0.15, 0.2) is 23.1 Å². The van der Waals surface area contributed by atoms with Crippen LogP contribution in [0, 0.1) is 6.92 Å². The number of nitrogens with one attached hydrogen (secondary N) is 1. The minimum atomic E-state index is -3.77. The number of benzene rings is 1. The molecule has 0 unspecified atom stereocenters. The van der Waals surface area contributed by atoms with Gasteiger partial charge in [-0.1, -0.05) is 22.9 Å². The molecule has 0 bridgehead atoms. The van der Waals surface area contributed by atoms with E-state index in [0.717, 1.165) is 11.3 Å². The first-order valence-corrected chi connectivity index (χ1v) is 7.44. The highest BCUT2D eigenvalue weighted by Gasteiger charge is 2.19. The highest BCUT2D eigenvalue weighted by Crippen LogP contribution is 2.25. The van der Waals surface area contributed by atoms with Gasteiger partial charge in [-0.15, -0.1) is 10.2 Å². The number of aryl methyl sites for hydroxylation is 1. The maximum Gasteiger partial charge on any atom is 0.265 e. The number of sulfonamides is 1. The molecule has 0 aliphatic rings. The third kappa shape index (κ3) is 2.71. The molecule has 96 valence electrons. The summed E-state index contributed by atoms with van der Waals surface area (Å²) in [5, 5.41) is 8.64. The first-order chi connectivity index (χ1) is 8.38. The fourth-order valence-corrected chi connectivity index (χ4v) is 3.39. The maximum atomic E-state index is 12.0. The predicted octanol–water partition coefficient (Wildman–Crippen LogP) is 1.88. The number of aromatic nitrogens is 2. The van der Waals surface area contributed by atoms with Gasteiger partial charge in [0.25, 0.3) is 10.0 Å². The van der Waals surface area contributed by atoms with E-state index in [9.17, 15) is 8.42 Å². The summed E-state index contributed by atoms with van der Waals surface area (Å²) in [7, 11) is -3.77. The van der Waals surface area contributed by atoms with E-state index in [4.69, 9.17) is 17.3 Å². The van der Waals surface area contributed by atoms with Crippen LogP contribution in [0.3, 0.4) is 0 Å². The molecule has 0 radical (unpaired) electrons. The largest absolute Gasteiger partial charge is 0.398 e. The van der Waals surface area contributed by atoms with Gasteiger partial charge in [-0.05, 0) is 25.1 Å². The number of nitrogens with zero attached hydrogens (tertiary/aromatic N) is 2. The molecule has 0 amide bonds. The molecule has 1 heterocycles. The van der Waals surface area contributed by atoms with Gasteiger partial charge in [0, 0.05) is 5.02 Å². The van der Waals surface area contributed by atoms with E-state index in [0.29, 0.717) is 10.0 Å². The van der Waals surface area contributed by atoms with E-state index in [1.807, 2.05) is 0 Å². The zero-order chi connectivity index (χ0) is 13.3. The Labute approximate surface area is 113 Å². The summed E-state index contributed by atoms with van der Waals surface area (Å²) in [6, 6.07) is 4.17. The average Bonchev–Trinajstić information content (AvgIpc) is 2.62. The summed E-state index contributed by atoms with van der Waals surface area (Å²) >= 11 is 6.85. The number of hydrogen-bond acceptors (Lipinski definition) is 6. The number of nitrogen functional groups attached to an aromatic ring is 1. The molecule has 2 aromatic rings. The molecule has 6 nitrogen and oxygen atoms in total. The van der Waals surface area contributed by atoms with E-state index < -0.39 is 10.0 Å². The molecule has 3 N–H and O–H groups in total. The standard InChI is InChI=1S/C9H9ClN4O2S2/c1-5-12-13-9(17-5)14-18(15,16)8-3-2-6(10)4-7(8)11/h2-4H,11H2,1H3,(H,13,14). The lowest BCUT2D eigenvalue weighted by Crippen LogP contribution is -2.14. The second kappa shape index (κ2) is 4.71. The van der Waals surface area contributed by atoms with Gasteiger partial charge in [0.1, 0.15) is 9.90 Å². The molecular weight excluding hydrogens is 296 g/mol. The van der Waals surface area contributed by atoms with Gasteiger partial charge < -0.3 is 5.73 Å². The summed E-state index contributed by atoms with van der Waals surface area (Å²) in [5.74, 6) is 0. The average molecular weight is 305 g/mol. The van der Waals surface area contributed by atoms with Crippen molar-refractivity contribution in [2.45, 2.75) is 11.8 Å². The summed E-state index contributed by atoms with van der Waals surface area (Å²) in [4.78, 5) is -0.0419. The lowest BCUT2D eigenvalue weighted by atomic mass is 10.3. The maximum absolute atomic E-state index is 12.0. The minimum Gasteiger partial charge on any atom is -0.398 e. The number of anilines is 2. The molecule has 0 atom stereocenters. The molecule has 9 heteroatoms. The van der Waals surface area contributed by atoms with Crippen LogP contribution in [-0.2, 0) is 10.0 Å². The Morgan fingerprint density at radius 2 is 2.11 bits per heavy atom. The van der Waals surface area contributed by atoms with Crippen LogP contribution in [-0.4, -0.2) is 18.6 Å². The second-order valence-corrected chi connectivity index (χ2v) is 6.68. The molecule has 2 rings (SSSR count). The van der Waals surface area contributed by atoms with Crippen molar-refractivity contribution in [1.29, 1.82) is 0 Å². The number of hydrogen-bond donors (Lipinski definition) is 2. The fourth-order valence-electron chi connectivity index (χ4n) is 1.27. The summed E-state index contributed by atoms with van der Waals surface area (Å²) in [5.41, 5.74) is 5.71. The summed E-state index contributed by atoms with van der Waals surface area (Å²) in [6.45, 7) is 1.73. The van der Waals surface area contributed by atoms with Crippen LogP contribution >= 0.6 is 22.9 Å². The van der Waals surface area contributed by atoms with Crippen molar-refractivity contribution in [2.75, 3.05) is 10.5 Å². The predicted molar refractivity (Wildman–Crippen MR) is 71.3 cm³/mol. The summed E-state index contributed by atoms with van der Waals surface area (Å²) < 4.78 is 26.4. The highest BCUT2D eigenvalue weighted by molar-refractivity contribution is 7.93. The molecule has 0 saturated carbocycles. The Morgan fingerprint density at radius 1 is 1.39 bits per heavy atom. The van der Waals surface area contributed by atoms with E-state index in [1.54, 1.807) is 6.92 Å². The number of rotatable bonds is 3. The molecule has 0 saturated heterocycles. The van der Waals surface area contributed by atoms with Crippen LogP contribution in [0.1, 0.15) is 5.01 Å². The van der Waals surface area contributed by atoms with Gasteiger partial charge in [0.2, 0.25) is 5.13 Å². The van der Waals surface area contributed by atoms with Gasteiger partial charge >= 0.3 is 0 Å². The molecule has 0 aliphatic heterocycles. The molecular formula is C9H9ClN4O2S2. The van der Waals surface area contributed by atoms with Gasteiger partial charge in [-0.2, -0.15) is 0 Å². The minimum absolute atomic E-state index is 0.0419. The van der Waals surface area contributed by atoms with Crippen LogP contribution in [0.2, 0.25) is 5.02 Å². The second-order valence-electron chi connectivity index (χ2n) is 3.41. The van der Waals surface area contributed by atoms with Crippen molar-refractivity contribution in [3.63, 3.8) is 0 Å². The first kappa shape index (κ1) is 13.1. The van der Waals surface area contributed by atoms with Crippen LogP contribution in [0.4, 0.5) is 10.8 Å². The number of nitrogens with two attached hydrogens (primary N) is 1. The third-order valence-electron chi connectivity index (χ3n) is 2.01. The van der Waals surface area contributed by atoms with Crippen LogP contribution < -0.4 is 10.5 Å². The van der Waals surface area contributed by atoms with Gasteiger partial charge in [-0.25, -0.2) is 8.42 Å². The lowest BCUT2D eigenvalue weighted by Gasteiger charge is -2.07. The molecule has 1 aromatic carbocycles.